The normalized spacial score (nSPS) is 10.4. The molecule has 2 N–H and O–H groups in total. The molecular formula is C14H22N2O3. The molecule has 1 rings (SSSR count). The summed E-state index contributed by atoms with van der Waals surface area (Å²) in [6.45, 7) is 2.34. The third kappa shape index (κ3) is 6.91. The van der Waals surface area contributed by atoms with Gasteiger partial charge in [-0.25, -0.2) is 0 Å². The minimum atomic E-state index is 0.00630. The highest BCUT2D eigenvalue weighted by atomic mass is 16.5. The van der Waals surface area contributed by atoms with Gasteiger partial charge in [-0.3, -0.25) is 4.79 Å². The molecule has 5 nitrogen and oxygen atoms in total. The molecular weight excluding hydrogens is 244 g/mol. The molecule has 5 heteroatoms. The number of rotatable bonds is 9. The zero-order valence-corrected chi connectivity index (χ0v) is 11.6. The topological polar surface area (TPSA) is 59.6 Å². The molecule has 0 heterocycles. The molecule has 0 aliphatic carbocycles. The number of hydrogen-bond acceptors (Lipinski definition) is 4. The van der Waals surface area contributed by atoms with Crippen LogP contribution in [0.15, 0.2) is 24.3 Å². The van der Waals surface area contributed by atoms with Gasteiger partial charge in [0.1, 0.15) is 0 Å². The Morgan fingerprint density at radius 1 is 1.32 bits per heavy atom. The first kappa shape index (κ1) is 15.6. The Morgan fingerprint density at radius 3 is 2.89 bits per heavy atom. The molecule has 0 aliphatic heterocycles. The highest BCUT2D eigenvalue weighted by Crippen LogP contribution is 2.11. The molecule has 0 spiro atoms. The van der Waals surface area contributed by atoms with Gasteiger partial charge in [0.25, 0.3) is 0 Å². The molecule has 19 heavy (non-hydrogen) atoms. The second-order valence-electron chi connectivity index (χ2n) is 4.15. The second kappa shape index (κ2) is 9.49. The van der Waals surface area contributed by atoms with Gasteiger partial charge in [0.15, 0.2) is 0 Å². The van der Waals surface area contributed by atoms with Crippen molar-refractivity contribution < 1.29 is 14.3 Å². The monoisotopic (exact) mass is 266 g/mol. The Balaban J connectivity index is 2.40. The van der Waals surface area contributed by atoms with Crippen molar-refractivity contribution in [1.82, 2.24) is 5.32 Å². The van der Waals surface area contributed by atoms with Gasteiger partial charge >= 0.3 is 0 Å². The number of carbonyl (C=O) groups excluding carboxylic acids is 1. The minimum Gasteiger partial charge on any atom is -0.382 e. The van der Waals surface area contributed by atoms with Crippen LogP contribution in [0, 0.1) is 0 Å². The average molecular weight is 266 g/mol. The molecule has 0 unspecified atom stereocenters. The summed E-state index contributed by atoms with van der Waals surface area (Å²) in [6, 6.07) is 7.67. The Bertz CT molecular complexity index is 383. The molecule has 0 saturated carbocycles. The molecule has 1 aromatic rings. The van der Waals surface area contributed by atoms with E-state index in [1.165, 1.54) is 0 Å². The van der Waals surface area contributed by atoms with Crippen LogP contribution in [-0.2, 0) is 20.9 Å². The van der Waals surface area contributed by atoms with E-state index in [4.69, 9.17) is 9.47 Å². The molecule has 0 radical (unpaired) electrons. The van der Waals surface area contributed by atoms with E-state index in [0.29, 0.717) is 32.8 Å². The number of hydrogen-bond donors (Lipinski definition) is 2. The standard InChI is InChI=1S/C14H22N2O3/c1-15-7-6-14(17)16-13-5-3-4-12(10-13)11-19-9-8-18-2/h3-5,10,15H,6-9,11H2,1-2H3,(H,16,17). The lowest BCUT2D eigenvalue weighted by atomic mass is 10.2. The zero-order chi connectivity index (χ0) is 13.9. The summed E-state index contributed by atoms with van der Waals surface area (Å²) in [4.78, 5) is 11.6. The zero-order valence-electron chi connectivity index (χ0n) is 11.6. The number of benzene rings is 1. The fraction of sp³-hybridized carbons (Fsp3) is 0.500. The van der Waals surface area contributed by atoms with E-state index in [9.17, 15) is 4.79 Å². The summed E-state index contributed by atoms with van der Waals surface area (Å²) < 4.78 is 10.3. The summed E-state index contributed by atoms with van der Waals surface area (Å²) >= 11 is 0. The van der Waals surface area contributed by atoms with Crippen molar-refractivity contribution in [3.05, 3.63) is 29.8 Å². The van der Waals surface area contributed by atoms with E-state index in [1.807, 2.05) is 31.3 Å². The van der Waals surface area contributed by atoms with E-state index in [2.05, 4.69) is 10.6 Å². The number of amides is 1. The molecule has 0 fully saturated rings. The van der Waals surface area contributed by atoms with Crippen LogP contribution in [0.1, 0.15) is 12.0 Å². The molecule has 0 bridgehead atoms. The second-order valence-corrected chi connectivity index (χ2v) is 4.15. The Labute approximate surface area is 114 Å². The number of anilines is 1. The van der Waals surface area contributed by atoms with Gasteiger partial charge < -0.3 is 20.1 Å². The third-order valence-corrected chi connectivity index (χ3v) is 2.51. The van der Waals surface area contributed by atoms with Crippen LogP contribution < -0.4 is 10.6 Å². The molecule has 0 aliphatic rings. The van der Waals surface area contributed by atoms with Crippen LogP contribution in [0.3, 0.4) is 0 Å². The number of methoxy groups -OCH3 is 1. The van der Waals surface area contributed by atoms with Crippen LogP contribution in [0.2, 0.25) is 0 Å². The summed E-state index contributed by atoms with van der Waals surface area (Å²) in [7, 11) is 3.47. The maximum Gasteiger partial charge on any atom is 0.225 e. The van der Waals surface area contributed by atoms with Crippen molar-refractivity contribution in [3.63, 3.8) is 0 Å². The lowest BCUT2D eigenvalue weighted by Gasteiger charge is -2.08. The van der Waals surface area contributed by atoms with Crippen molar-refractivity contribution in [2.75, 3.05) is 39.2 Å². The largest absolute Gasteiger partial charge is 0.382 e. The van der Waals surface area contributed by atoms with E-state index in [0.717, 1.165) is 11.3 Å². The Morgan fingerprint density at radius 2 is 2.16 bits per heavy atom. The van der Waals surface area contributed by atoms with Gasteiger partial charge in [-0.15, -0.1) is 0 Å². The van der Waals surface area contributed by atoms with E-state index in [-0.39, 0.29) is 5.91 Å². The van der Waals surface area contributed by atoms with Crippen LogP contribution >= 0.6 is 0 Å². The Kier molecular flexibility index (Phi) is 7.81. The summed E-state index contributed by atoms with van der Waals surface area (Å²) in [6.07, 6.45) is 0.463. The number of carbonyl (C=O) groups is 1. The third-order valence-electron chi connectivity index (χ3n) is 2.51. The maximum absolute atomic E-state index is 11.6. The molecule has 106 valence electrons. The molecule has 0 aromatic heterocycles. The summed E-state index contributed by atoms with van der Waals surface area (Å²) in [5.41, 5.74) is 1.83. The van der Waals surface area contributed by atoms with Gasteiger partial charge in [0, 0.05) is 25.8 Å². The van der Waals surface area contributed by atoms with Crippen molar-refractivity contribution in [2.45, 2.75) is 13.0 Å². The first-order chi connectivity index (χ1) is 9.26. The predicted octanol–water partition coefficient (Wildman–Crippen LogP) is 1.40. The van der Waals surface area contributed by atoms with Crippen LogP contribution in [-0.4, -0.2) is 39.8 Å². The van der Waals surface area contributed by atoms with E-state index >= 15 is 0 Å². The van der Waals surface area contributed by atoms with Crippen molar-refractivity contribution in [1.29, 1.82) is 0 Å². The molecule has 1 aromatic carbocycles. The highest BCUT2D eigenvalue weighted by molar-refractivity contribution is 5.90. The molecule has 0 atom stereocenters. The van der Waals surface area contributed by atoms with Gasteiger partial charge in [-0.2, -0.15) is 0 Å². The quantitative estimate of drug-likeness (QED) is 0.663. The number of ether oxygens (including phenoxy) is 2. The fourth-order valence-electron chi connectivity index (χ4n) is 1.53. The lowest BCUT2D eigenvalue weighted by Crippen LogP contribution is -2.18. The predicted molar refractivity (Wildman–Crippen MR) is 75.1 cm³/mol. The van der Waals surface area contributed by atoms with Crippen LogP contribution in [0.4, 0.5) is 5.69 Å². The first-order valence-electron chi connectivity index (χ1n) is 6.36. The minimum absolute atomic E-state index is 0.00630. The highest BCUT2D eigenvalue weighted by Gasteiger charge is 2.02. The summed E-state index contributed by atoms with van der Waals surface area (Å²) in [5.74, 6) is 0.00630. The van der Waals surface area contributed by atoms with Gasteiger partial charge in [0.2, 0.25) is 5.91 Å². The van der Waals surface area contributed by atoms with Gasteiger partial charge in [0.05, 0.1) is 19.8 Å². The van der Waals surface area contributed by atoms with E-state index in [1.54, 1.807) is 7.11 Å². The maximum atomic E-state index is 11.6. The van der Waals surface area contributed by atoms with Gasteiger partial charge in [-0.1, -0.05) is 12.1 Å². The van der Waals surface area contributed by atoms with Gasteiger partial charge in [-0.05, 0) is 24.7 Å². The smallest absolute Gasteiger partial charge is 0.225 e. The molecule has 1 amide bonds. The van der Waals surface area contributed by atoms with Crippen LogP contribution in [0.25, 0.3) is 0 Å². The van der Waals surface area contributed by atoms with Crippen molar-refractivity contribution in [2.24, 2.45) is 0 Å². The van der Waals surface area contributed by atoms with Crippen molar-refractivity contribution >= 4 is 11.6 Å². The summed E-state index contributed by atoms with van der Waals surface area (Å²) in [5, 5.41) is 5.80. The fourth-order valence-corrected chi connectivity index (χ4v) is 1.53. The van der Waals surface area contributed by atoms with Crippen molar-refractivity contribution in [3.8, 4) is 0 Å². The molecule has 0 saturated heterocycles. The number of nitrogens with one attached hydrogen (secondary N) is 2. The lowest BCUT2D eigenvalue weighted by molar-refractivity contribution is -0.116. The average Bonchev–Trinajstić information content (AvgIpc) is 2.42. The van der Waals surface area contributed by atoms with E-state index < -0.39 is 0 Å². The first-order valence-corrected chi connectivity index (χ1v) is 6.36. The Hall–Kier alpha value is -1.43. The SMILES string of the molecule is CNCCC(=O)Nc1cccc(COCCOC)c1. The van der Waals surface area contributed by atoms with Crippen LogP contribution in [0.5, 0.6) is 0 Å².